The second-order valence-electron chi connectivity index (χ2n) is 4.96. The SMILES string of the molecule is CC[C@@H](CO)NC1CCCc2cc(OC)ccc21. The maximum atomic E-state index is 9.30. The van der Waals surface area contributed by atoms with Crippen LogP contribution < -0.4 is 10.1 Å². The Labute approximate surface area is 109 Å². The molecule has 0 fully saturated rings. The van der Waals surface area contributed by atoms with Crippen molar-refractivity contribution in [2.75, 3.05) is 13.7 Å². The van der Waals surface area contributed by atoms with Gasteiger partial charge >= 0.3 is 0 Å². The fourth-order valence-electron chi connectivity index (χ4n) is 2.67. The molecule has 1 aromatic carbocycles. The third kappa shape index (κ3) is 2.85. The number of nitrogens with one attached hydrogen (secondary N) is 1. The van der Waals surface area contributed by atoms with E-state index in [4.69, 9.17) is 4.74 Å². The van der Waals surface area contributed by atoms with Gasteiger partial charge in [0.1, 0.15) is 5.75 Å². The Bertz CT molecular complexity index is 388. The van der Waals surface area contributed by atoms with E-state index in [9.17, 15) is 5.11 Å². The molecule has 0 saturated heterocycles. The molecule has 0 heterocycles. The molecule has 0 aliphatic heterocycles. The van der Waals surface area contributed by atoms with E-state index >= 15 is 0 Å². The third-order valence-electron chi connectivity index (χ3n) is 3.81. The van der Waals surface area contributed by atoms with Crippen LogP contribution in [0.25, 0.3) is 0 Å². The Morgan fingerprint density at radius 2 is 2.33 bits per heavy atom. The summed E-state index contributed by atoms with van der Waals surface area (Å²) in [6, 6.07) is 6.90. The monoisotopic (exact) mass is 249 g/mol. The zero-order valence-electron chi connectivity index (χ0n) is 11.3. The molecule has 0 amide bonds. The van der Waals surface area contributed by atoms with Crippen molar-refractivity contribution < 1.29 is 9.84 Å². The minimum atomic E-state index is 0.197. The summed E-state index contributed by atoms with van der Waals surface area (Å²) in [5, 5.41) is 12.9. The minimum absolute atomic E-state index is 0.197. The molecule has 0 radical (unpaired) electrons. The van der Waals surface area contributed by atoms with E-state index in [2.05, 4.69) is 24.4 Å². The van der Waals surface area contributed by atoms with Crippen molar-refractivity contribution in [2.24, 2.45) is 0 Å². The van der Waals surface area contributed by atoms with Crippen LogP contribution in [-0.2, 0) is 6.42 Å². The van der Waals surface area contributed by atoms with Gasteiger partial charge in [0.2, 0.25) is 0 Å². The highest BCUT2D eigenvalue weighted by atomic mass is 16.5. The van der Waals surface area contributed by atoms with Gasteiger partial charge in [-0.25, -0.2) is 0 Å². The number of methoxy groups -OCH3 is 1. The van der Waals surface area contributed by atoms with E-state index in [0.717, 1.165) is 25.0 Å². The molecular formula is C15H23NO2. The van der Waals surface area contributed by atoms with Crippen LogP contribution in [0, 0.1) is 0 Å². The van der Waals surface area contributed by atoms with Crippen LogP contribution in [0.3, 0.4) is 0 Å². The molecule has 1 aliphatic carbocycles. The van der Waals surface area contributed by atoms with Crippen LogP contribution in [-0.4, -0.2) is 24.9 Å². The number of aliphatic hydroxyl groups is 1. The van der Waals surface area contributed by atoms with Gasteiger partial charge in [-0.15, -0.1) is 0 Å². The Morgan fingerprint density at radius 1 is 1.50 bits per heavy atom. The molecule has 2 N–H and O–H groups in total. The number of rotatable bonds is 5. The summed E-state index contributed by atoms with van der Waals surface area (Å²) in [7, 11) is 1.71. The van der Waals surface area contributed by atoms with Gasteiger partial charge in [-0.05, 0) is 48.9 Å². The number of aryl methyl sites for hydroxylation is 1. The number of hydrogen-bond donors (Lipinski definition) is 2. The molecule has 0 spiro atoms. The maximum absolute atomic E-state index is 9.30. The molecule has 1 aliphatic rings. The lowest BCUT2D eigenvalue weighted by Crippen LogP contribution is -2.36. The summed E-state index contributed by atoms with van der Waals surface area (Å²) in [6.45, 7) is 2.31. The molecule has 2 atom stereocenters. The zero-order valence-corrected chi connectivity index (χ0v) is 11.3. The van der Waals surface area contributed by atoms with Gasteiger partial charge in [0.15, 0.2) is 0 Å². The standard InChI is InChI=1S/C15H23NO2/c1-3-12(10-17)16-15-6-4-5-11-9-13(18-2)7-8-14(11)15/h7-9,12,15-17H,3-6,10H2,1-2H3/t12-,15?/m0/s1. The molecule has 2 rings (SSSR count). The van der Waals surface area contributed by atoms with E-state index in [1.54, 1.807) is 7.11 Å². The van der Waals surface area contributed by atoms with Crippen molar-refractivity contribution in [3.8, 4) is 5.75 Å². The first-order valence-electron chi connectivity index (χ1n) is 6.82. The van der Waals surface area contributed by atoms with Gasteiger partial charge in [0.05, 0.1) is 13.7 Å². The third-order valence-corrected chi connectivity index (χ3v) is 3.81. The van der Waals surface area contributed by atoms with Crippen LogP contribution in [0.5, 0.6) is 5.75 Å². The fraction of sp³-hybridized carbons (Fsp3) is 0.600. The van der Waals surface area contributed by atoms with Crippen LogP contribution in [0.2, 0.25) is 0 Å². The molecule has 3 heteroatoms. The van der Waals surface area contributed by atoms with E-state index in [0.29, 0.717) is 6.04 Å². The van der Waals surface area contributed by atoms with Gasteiger partial charge in [0.25, 0.3) is 0 Å². The Balaban J connectivity index is 2.17. The van der Waals surface area contributed by atoms with Gasteiger partial charge in [-0.3, -0.25) is 0 Å². The highest BCUT2D eigenvalue weighted by molar-refractivity contribution is 5.39. The molecule has 0 bridgehead atoms. The summed E-state index contributed by atoms with van der Waals surface area (Å²) in [5.74, 6) is 0.934. The summed E-state index contributed by atoms with van der Waals surface area (Å²) < 4.78 is 5.28. The number of aliphatic hydroxyl groups excluding tert-OH is 1. The Morgan fingerprint density at radius 3 is 3.00 bits per heavy atom. The second kappa shape index (κ2) is 6.21. The summed E-state index contributed by atoms with van der Waals surface area (Å²) in [5.41, 5.74) is 2.75. The molecule has 100 valence electrons. The number of ether oxygens (including phenoxy) is 1. The van der Waals surface area contributed by atoms with E-state index in [1.807, 2.05) is 6.07 Å². The average molecular weight is 249 g/mol. The Kier molecular flexibility index (Phi) is 4.61. The van der Waals surface area contributed by atoms with Crippen LogP contribution in [0.4, 0.5) is 0 Å². The smallest absolute Gasteiger partial charge is 0.119 e. The quantitative estimate of drug-likeness (QED) is 0.842. The van der Waals surface area contributed by atoms with Crippen molar-refractivity contribution in [3.05, 3.63) is 29.3 Å². The van der Waals surface area contributed by atoms with E-state index in [1.165, 1.54) is 17.5 Å². The largest absolute Gasteiger partial charge is 0.497 e. The normalized spacial score (nSPS) is 20.3. The second-order valence-corrected chi connectivity index (χ2v) is 4.96. The fourth-order valence-corrected chi connectivity index (χ4v) is 2.67. The maximum Gasteiger partial charge on any atom is 0.119 e. The highest BCUT2D eigenvalue weighted by Crippen LogP contribution is 2.32. The van der Waals surface area contributed by atoms with Crippen molar-refractivity contribution in [2.45, 2.75) is 44.7 Å². The van der Waals surface area contributed by atoms with Crippen molar-refractivity contribution in [3.63, 3.8) is 0 Å². The van der Waals surface area contributed by atoms with Gasteiger partial charge < -0.3 is 15.2 Å². The topological polar surface area (TPSA) is 41.5 Å². The summed E-state index contributed by atoms with van der Waals surface area (Å²) in [4.78, 5) is 0. The molecule has 0 saturated carbocycles. The lowest BCUT2D eigenvalue weighted by molar-refractivity contribution is 0.223. The lowest BCUT2D eigenvalue weighted by atomic mass is 9.87. The molecule has 1 aromatic rings. The Hall–Kier alpha value is -1.06. The number of benzene rings is 1. The van der Waals surface area contributed by atoms with E-state index in [-0.39, 0.29) is 12.6 Å². The van der Waals surface area contributed by atoms with Gasteiger partial charge in [0, 0.05) is 12.1 Å². The first-order chi connectivity index (χ1) is 8.78. The van der Waals surface area contributed by atoms with Gasteiger partial charge in [-0.2, -0.15) is 0 Å². The molecule has 1 unspecified atom stereocenters. The van der Waals surface area contributed by atoms with Crippen molar-refractivity contribution in [1.29, 1.82) is 0 Å². The summed E-state index contributed by atoms with van der Waals surface area (Å²) in [6.07, 6.45) is 4.43. The van der Waals surface area contributed by atoms with Gasteiger partial charge in [-0.1, -0.05) is 13.0 Å². The van der Waals surface area contributed by atoms with E-state index < -0.39 is 0 Å². The average Bonchev–Trinajstić information content (AvgIpc) is 2.44. The van der Waals surface area contributed by atoms with Crippen molar-refractivity contribution in [1.82, 2.24) is 5.32 Å². The molecular weight excluding hydrogens is 226 g/mol. The predicted octanol–water partition coefficient (Wildman–Crippen LogP) is 2.43. The number of hydrogen-bond acceptors (Lipinski definition) is 3. The molecule has 18 heavy (non-hydrogen) atoms. The first-order valence-corrected chi connectivity index (χ1v) is 6.82. The van der Waals surface area contributed by atoms with Crippen LogP contribution in [0.15, 0.2) is 18.2 Å². The molecule has 0 aromatic heterocycles. The molecule has 3 nitrogen and oxygen atoms in total. The van der Waals surface area contributed by atoms with Crippen molar-refractivity contribution >= 4 is 0 Å². The van der Waals surface area contributed by atoms with Crippen LogP contribution >= 0.6 is 0 Å². The minimum Gasteiger partial charge on any atom is -0.497 e. The first kappa shape index (κ1) is 13.4. The summed E-state index contributed by atoms with van der Waals surface area (Å²) >= 11 is 0. The lowest BCUT2D eigenvalue weighted by Gasteiger charge is -2.30. The zero-order chi connectivity index (χ0) is 13.0. The van der Waals surface area contributed by atoms with Crippen LogP contribution in [0.1, 0.15) is 43.4 Å². The highest BCUT2D eigenvalue weighted by Gasteiger charge is 2.22. The predicted molar refractivity (Wildman–Crippen MR) is 73.0 cm³/mol. The number of fused-ring (bicyclic) bond motifs is 1.